The number of allylic oxidation sites excluding steroid dienone is 2. The molecular formula is C28H37F3N8O2. The van der Waals surface area contributed by atoms with Crippen molar-refractivity contribution < 1.29 is 22.7 Å². The second kappa shape index (κ2) is 13.0. The number of carbonyl (C=O) groups excluding carboxylic acids is 1. The normalized spacial score (nSPS) is 15.2. The molecular weight excluding hydrogens is 537 g/mol. The number of benzene rings is 2. The lowest BCUT2D eigenvalue weighted by atomic mass is 10.1. The van der Waals surface area contributed by atoms with Crippen molar-refractivity contribution in [3.05, 3.63) is 83.3 Å². The van der Waals surface area contributed by atoms with Crippen molar-refractivity contribution in [3.8, 4) is 5.75 Å². The maximum absolute atomic E-state index is 13.2. The second-order valence-corrected chi connectivity index (χ2v) is 9.81. The number of amides is 1. The minimum Gasteiger partial charge on any atom is -0.406 e. The highest BCUT2D eigenvalue weighted by atomic mass is 19.4. The summed E-state index contributed by atoms with van der Waals surface area (Å²) in [6.07, 6.45) is -1.84. The first-order valence-electron chi connectivity index (χ1n) is 12.8. The minimum atomic E-state index is -4.90. The Morgan fingerprint density at radius 2 is 1.78 bits per heavy atom. The highest BCUT2D eigenvalue weighted by Gasteiger charge is 2.32. The molecule has 1 fully saturated rings. The fraction of sp³-hybridized carbons (Fsp3) is 0.321. The van der Waals surface area contributed by atoms with Crippen molar-refractivity contribution in [3.63, 3.8) is 0 Å². The summed E-state index contributed by atoms with van der Waals surface area (Å²) in [4.78, 5) is 17.3. The van der Waals surface area contributed by atoms with Gasteiger partial charge in [0.05, 0.1) is 11.4 Å². The van der Waals surface area contributed by atoms with Crippen LogP contribution in [0.1, 0.15) is 22.8 Å². The van der Waals surface area contributed by atoms with E-state index in [9.17, 15) is 18.0 Å². The summed E-state index contributed by atoms with van der Waals surface area (Å²) in [6.45, 7) is 10.1. The zero-order chi connectivity index (χ0) is 30.5. The van der Waals surface area contributed by atoms with Crippen LogP contribution in [0.3, 0.4) is 0 Å². The summed E-state index contributed by atoms with van der Waals surface area (Å²) >= 11 is 0. The molecule has 41 heavy (non-hydrogen) atoms. The van der Waals surface area contributed by atoms with E-state index in [-0.39, 0.29) is 5.56 Å². The first kappa shape index (κ1) is 31.3. The molecule has 1 heterocycles. The third kappa shape index (κ3) is 8.39. The van der Waals surface area contributed by atoms with Gasteiger partial charge < -0.3 is 30.6 Å². The monoisotopic (exact) mass is 574 g/mol. The van der Waals surface area contributed by atoms with Crippen LogP contribution in [0.4, 0.5) is 30.2 Å². The number of rotatable bonds is 9. The van der Waals surface area contributed by atoms with Gasteiger partial charge in [-0.3, -0.25) is 9.80 Å². The molecule has 0 saturated carbocycles. The molecule has 0 unspecified atom stereocenters. The lowest BCUT2D eigenvalue weighted by Gasteiger charge is -2.34. The number of ether oxygens (including phenoxy) is 1. The zero-order valence-corrected chi connectivity index (χ0v) is 23.6. The summed E-state index contributed by atoms with van der Waals surface area (Å²) in [6, 6.07) is 8.95. The second-order valence-electron chi connectivity index (χ2n) is 9.81. The molecule has 0 bridgehead atoms. The van der Waals surface area contributed by atoms with Gasteiger partial charge in [0.15, 0.2) is 0 Å². The number of carbonyl (C=O) groups is 1. The number of hydrogen-bond acceptors (Lipinski definition) is 9. The molecule has 0 aromatic heterocycles. The quantitative estimate of drug-likeness (QED) is 0.202. The van der Waals surface area contributed by atoms with Gasteiger partial charge in [-0.1, -0.05) is 18.7 Å². The largest absolute Gasteiger partial charge is 0.573 e. The Labute approximate surface area is 238 Å². The molecule has 2 aromatic carbocycles. The maximum atomic E-state index is 13.2. The van der Waals surface area contributed by atoms with E-state index in [1.54, 1.807) is 44.3 Å². The van der Waals surface area contributed by atoms with E-state index in [0.717, 1.165) is 24.7 Å². The highest BCUT2D eigenvalue weighted by molar-refractivity contribution is 6.05. The standard InChI is InChI=1S/C28H37F3N8O2/c1-6-24(19(3)37(5)33)25(32)17-39(34)26-15-21(8-7-18(26)2)35-27(40)20-13-22(38-11-9-36(4)10-12-38)16-23(14-20)41-28(29,30)31/h6-8,13-17H,1,9-12,32-34H2,2-5H3,(H,35,40)/b24-19+,25-17-. The number of halogens is 3. The Balaban J connectivity index is 1.90. The fourth-order valence-corrected chi connectivity index (χ4v) is 4.28. The molecule has 7 N–H and O–H groups in total. The predicted molar refractivity (Wildman–Crippen MR) is 156 cm³/mol. The van der Waals surface area contributed by atoms with Crippen molar-refractivity contribution in [2.45, 2.75) is 20.2 Å². The lowest BCUT2D eigenvalue weighted by molar-refractivity contribution is -0.274. The highest BCUT2D eigenvalue weighted by Crippen LogP contribution is 2.31. The summed E-state index contributed by atoms with van der Waals surface area (Å²) in [5.74, 6) is 11.0. The van der Waals surface area contributed by atoms with E-state index in [0.29, 0.717) is 47.1 Å². The van der Waals surface area contributed by atoms with Crippen molar-refractivity contribution in [2.24, 2.45) is 17.4 Å². The number of anilines is 3. The molecule has 1 aliphatic rings. The molecule has 0 radical (unpaired) electrons. The number of piperazine rings is 1. The van der Waals surface area contributed by atoms with Crippen LogP contribution in [0.25, 0.3) is 0 Å². The molecule has 1 amide bonds. The van der Waals surface area contributed by atoms with E-state index in [1.165, 1.54) is 22.3 Å². The molecule has 1 aliphatic heterocycles. The Bertz CT molecular complexity index is 1330. The topological polar surface area (TPSA) is 129 Å². The number of hydrazine groups is 2. The summed E-state index contributed by atoms with van der Waals surface area (Å²) in [5.41, 5.74) is 9.98. The number of hydrogen-bond donors (Lipinski definition) is 4. The zero-order valence-electron chi connectivity index (χ0n) is 23.6. The van der Waals surface area contributed by atoms with E-state index < -0.39 is 18.0 Å². The van der Waals surface area contributed by atoms with Crippen LogP contribution in [0.5, 0.6) is 5.75 Å². The van der Waals surface area contributed by atoms with Crippen LogP contribution in [-0.4, -0.2) is 62.5 Å². The van der Waals surface area contributed by atoms with E-state index >= 15 is 0 Å². The van der Waals surface area contributed by atoms with Gasteiger partial charge in [0.1, 0.15) is 5.75 Å². The molecule has 0 atom stereocenters. The number of nitrogens with zero attached hydrogens (tertiary/aromatic N) is 4. The maximum Gasteiger partial charge on any atom is 0.573 e. The average Bonchev–Trinajstić information content (AvgIpc) is 2.89. The lowest BCUT2D eigenvalue weighted by Crippen LogP contribution is -2.44. The van der Waals surface area contributed by atoms with Crippen LogP contribution in [0.15, 0.2) is 72.2 Å². The van der Waals surface area contributed by atoms with Crippen LogP contribution < -0.4 is 37.4 Å². The van der Waals surface area contributed by atoms with E-state index in [1.807, 2.05) is 18.9 Å². The van der Waals surface area contributed by atoms with Crippen LogP contribution in [0.2, 0.25) is 0 Å². The van der Waals surface area contributed by atoms with Gasteiger partial charge in [0, 0.05) is 73.7 Å². The first-order valence-corrected chi connectivity index (χ1v) is 12.8. The van der Waals surface area contributed by atoms with Gasteiger partial charge in [-0.2, -0.15) is 0 Å². The Hall–Kier alpha value is -4.20. The Morgan fingerprint density at radius 3 is 2.37 bits per heavy atom. The van der Waals surface area contributed by atoms with Gasteiger partial charge >= 0.3 is 6.36 Å². The molecule has 222 valence electrons. The smallest absolute Gasteiger partial charge is 0.406 e. The molecule has 2 aromatic rings. The third-order valence-electron chi connectivity index (χ3n) is 6.71. The van der Waals surface area contributed by atoms with Crippen molar-refractivity contribution in [1.29, 1.82) is 0 Å². The molecule has 3 rings (SSSR count). The van der Waals surface area contributed by atoms with Crippen molar-refractivity contribution in [2.75, 3.05) is 55.5 Å². The van der Waals surface area contributed by atoms with Crippen molar-refractivity contribution >= 4 is 23.0 Å². The average molecular weight is 575 g/mol. The predicted octanol–water partition coefficient (Wildman–Crippen LogP) is 3.64. The molecule has 10 nitrogen and oxygen atoms in total. The summed E-state index contributed by atoms with van der Waals surface area (Å²) < 4.78 is 43.4. The van der Waals surface area contributed by atoms with Crippen LogP contribution >= 0.6 is 0 Å². The van der Waals surface area contributed by atoms with Crippen LogP contribution in [-0.2, 0) is 0 Å². The third-order valence-corrected chi connectivity index (χ3v) is 6.71. The van der Waals surface area contributed by atoms with E-state index in [2.05, 4.69) is 21.5 Å². The molecule has 0 spiro atoms. The van der Waals surface area contributed by atoms with Crippen LogP contribution in [0, 0.1) is 6.92 Å². The van der Waals surface area contributed by atoms with E-state index in [4.69, 9.17) is 17.4 Å². The number of aryl methyl sites for hydroxylation is 1. The number of likely N-dealkylation sites (N-methyl/N-ethyl adjacent to an activating group) is 1. The Kier molecular flexibility index (Phi) is 9.92. The number of nitrogens with one attached hydrogen (secondary N) is 1. The SMILES string of the molecule is C=CC(/C(N)=C/N(N)c1cc(NC(=O)c2cc(OC(F)(F)F)cc(N3CCN(C)CC3)c2)ccc1C)=C(/C)N(C)N. The van der Waals surface area contributed by atoms with Crippen molar-refractivity contribution in [1.82, 2.24) is 9.91 Å². The summed E-state index contributed by atoms with van der Waals surface area (Å²) in [5, 5.41) is 5.45. The Morgan fingerprint density at radius 1 is 1.12 bits per heavy atom. The van der Waals surface area contributed by atoms with Gasteiger partial charge in [-0.25, -0.2) is 11.7 Å². The number of nitrogens with two attached hydrogens (primary N) is 3. The molecule has 1 saturated heterocycles. The van der Waals surface area contributed by atoms with Gasteiger partial charge in [-0.05, 0) is 50.7 Å². The molecule has 0 aliphatic carbocycles. The van der Waals surface area contributed by atoms with Gasteiger partial charge in [0.2, 0.25) is 0 Å². The molecule has 13 heteroatoms. The summed E-state index contributed by atoms with van der Waals surface area (Å²) in [7, 11) is 3.64. The minimum absolute atomic E-state index is 0.0127. The fourth-order valence-electron chi connectivity index (χ4n) is 4.28. The number of alkyl halides is 3. The first-order chi connectivity index (χ1) is 19.2. The van der Waals surface area contributed by atoms with Gasteiger partial charge in [0.25, 0.3) is 5.91 Å². The van der Waals surface area contributed by atoms with Gasteiger partial charge in [-0.15, -0.1) is 13.2 Å².